The van der Waals surface area contributed by atoms with Crippen LogP contribution in [-0.4, -0.2) is 52.3 Å². The van der Waals surface area contributed by atoms with Crippen LogP contribution in [-0.2, 0) is 9.84 Å². The van der Waals surface area contributed by atoms with E-state index in [1.807, 2.05) is 0 Å². The molecule has 1 unspecified atom stereocenters. The van der Waals surface area contributed by atoms with Gasteiger partial charge in [0.2, 0.25) is 0 Å². The van der Waals surface area contributed by atoms with E-state index in [0.29, 0.717) is 0 Å². The number of rotatable bonds is 6. The third kappa shape index (κ3) is 5.89. The zero-order chi connectivity index (χ0) is 12.3. The maximum atomic E-state index is 11.5. The molecule has 0 bridgehead atoms. The summed E-state index contributed by atoms with van der Waals surface area (Å²) >= 11 is 10.9. The predicted molar refractivity (Wildman–Crippen MR) is 59.4 cm³/mol. The molecule has 0 aromatic heterocycles. The van der Waals surface area contributed by atoms with Gasteiger partial charge in [0, 0.05) is 0 Å². The van der Waals surface area contributed by atoms with E-state index in [0.717, 1.165) is 3.94 Å². The fourth-order valence-corrected chi connectivity index (χ4v) is 3.27. The average molecular weight is 280 g/mol. The van der Waals surface area contributed by atoms with Crippen molar-refractivity contribution >= 4 is 33.4 Å². The molecule has 0 fully saturated rings. The van der Waals surface area contributed by atoms with Crippen molar-refractivity contribution in [2.24, 2.45) is 0 Å². The van der Waals surface area contributed by atoms with Crippen molar-refractivity contribution in [3.05, 3.63) is 0 Å². The van der Waals surface area contributed by atoms with Crippen molar-refractivity contribution in [2.75, 3.05) is 18.1 Å². The van der Waals surface area contributed by atoms with Crippen LogP contribution in [0.5, 0.6) is 0 Å². The summed E-state index contributed by atoms with van der Waals surface area (Å²) in [5.74, 6) is -0.807. The van der Waals surface area contributed by atoms with E-state index in [1.54, 1.807) is 13.8 Å². The van der Waals surface area contributed by atoms with Crippen molar-refractivity contribution in [1.82, 2.24) is 3.94 Å². The summed E-state index contributed by atoms with van der Waals surface area (Å²) in [6, 6.07) is 0. The first-order valence-electron chi connectivity index (χ1n) is 4.22. The Balaban J connectivity index is 4.52. The normalized spacial score (nSPS) is 15.7. The molecule has 92 valence electrons. The molecule has 0 aliphatic rings. The number of hydrogen-bond acceptors (Lipinski definition) is 5. The second-order valence-corrected chi connectivity index (χ2v) is 6.89. The SMILES string of the molecule is CC(C)(CS(=O)(=O)CC(O)CO)N(Cl)Cl. The molecule has 0 aromatic carbocycles. The minimum Gasteiger partial charge on any atom is -0.394 e. The van der Waals surface area contributed by atoms with E-state index < -0.39 is 33.8 Å². The molecule has 0 rings (SSSR count). The molecule has 0 heterocycles. The van der Waals surface area contributed by atoms with Gasteiger partial charge in [-0.15, -0.1) is 3.94 Å². The molecule has 5 nitrogen and oxygen atoms in total. The standard InChI is InChI=1S/C7H15Cl2NO4S/c1-7(2,10(8)9)5-15(13,14)4-6(12)3-11/h6,11-12H,3-5H2,1-2H3. The first-order chi connectivity index (χ1) is 6.60. The Bertz CT molecular complexity index is 291. The van der Waals surface area contributed by atoms with Gasteiger partial charge >= 0.3 is 0 Å². The predicted octanol–water partition coefficient (Wildman–Crippen LogP) is 0.143. The summed E-state index contributed by atoms with van der Waals surface area (Å²) in [5.41, 5.74) is -0.947. The molecule has 0 saturated carbocycles. The molecule has 8 heteroatoms. The van der Waals surface area contributed by atoms with Crippen LogP contribution in [0.2, 0.25) is 0 Å². The molecule has 1 atom stereocenters. The first-order valence-corrected chi connectivity index (χ1v) is 6.71. The highest BCUT2D eigenvalue weighted by atomic mass is 35.5. The van der Waals surface area contributed by atoms with Crippen LogP contribution in [0.15, 0.2) is 0 Å². The maximum absolute atomic E-state index is 11.5. The lowest BCUT2D eigenvalue weighted by atomic mass is 10.1. The molecule has 0 aromatic rings. The third-order valence-electron chi connectivity index (χ3n) is 1.69. The number of aliphatic hydroxyl groups is 2. The fraction of sp³-hybridized carbons (Fsp3) is 1.00. The van der Waals surface area contributed by atoms with E-state index in [4.69, 9.17) is 33.8 Å². The molecular weight excluding hydrogens is 265 g/mol. The summed E-state index contributed by atoms with van der Waals surface area (Å²) in [4.78, 5) is 0. The molecule has 0 spiro atoms. The summed E-state index contributed by atoms with van der Waals surface area (Å²) in [6.45, 7) is 2.51. The van der Waals surface area contributed by atoms with E-state index in [-0.39, 0.29) is 5.75 Å². The second kappa shape index (κ2) is 5.65. The Kier molecular flexibility index (Phi) is 5.81. The molecule has 15 heavy (non-hydrogen) atoms. The van der Waals surface area contributed by atoms with Crippen LogP contribution >= 0.6 is 23.6 Å². The molecule has 0 aliphatic heterocycles. The van der Waals surface area contributed by atoms with Gasteiger partial charge in [-0.05, 0) is 37.4 Å². The van der Waals surface area contributed by atoms with Crippen molar-refractivity contribution in [2.45, 2.75) is 25.5 Å². The van der Waals surface area contributed by atoms with Crippen LogP contribution in [0.3, 0.4) is 0 Å². The zero-order valence-corrected chi connectivity index (χ0v) is 10.8. The highest BCUT2D eigenvalue weighted by Gasteiger charge is 2.32. The lowest BCUT2D eigenvalue weighted by Crippen LogP contribution is -2.41. The van der Waals surface area contributed by atoms with Gasteiger partial charge in [0.1, 0.15) is 0 Å². The Morgan fingerprint density at radius 2 is 1.87 bits per heavy atom. The monoisotopic (exact) mass is 279 g/mol. The van der Waals surface area contributed by atoms with E-state index >= 15 is 0 Å². The third-order valence-corrected chi connectivity index (χ3v) is 4.64. The summed E-state index contributed by atoms with van der Waals surface area (Å²) in [6.07, 6.45) is -1.27. The summed E-state index contributed by atoms with van der Waals surface area (Å²) < 4.78 is 23.8. The van der Waals surface area contributed by atoms with Crippen LogP contribution < -0.4 is 0 Å². The number of halogens is 2. The van der Waals surface area contributed by atoms with Gasteiger partial charge in [-0.25, -0.2) is 8.42 Å². The van der Waals surface area contributed by atoms with E-state index in [1.165, 1.54) is 0 Å². The zero-order valence-electron chi connectivity index (χ0n) is 8.52. The van der Waals surface area contributed by atoms with Gasteiger partial charge in [0.05, 0.1) is 29.8 Å². The van der Waals surface area contributed by atoms with Crippen LogP contribution in [0, 0.1) is 0 Å². The van der Waals surface area contributed by atoms with E-state index in [9.17, 15) is 8.42 Å². The van der Waals surface area contributed by atoms with Gasteiger partial charge in [-0.3, -0.25) is 0 Å². The minimum atomic E-state index is -3.52. The number of sulfone groups is 1. The molecule has 0 aliphatic carbocycles. The van der Waals surface area contributed by atoms with Crippen molar-refractivity contribution < 1.29 is 18.6 Å². The molecule has 2 N–H and O–H groups in total. The molecular formula is C7H15Cl2NO4S. The van der Waals surface area contributed by atoms with Crippen LogP contribution in [0.4, 0.5) is 0 Å². The van der Waals surface area contributed by atoms with Gasteiger partial charge < -0.3 is 10.2 Å². The van der Waals surface area contributed by atoms with Crippen molar-refractivity contribution in [1.29, 1.82) is 0 Å². The Hall–Kier alpha value is 0.410. The molecule has 0 saturated heterocycles. The Morgan fingerprint density at radius 3 is 2.20 bits per heavy atom. The van der Waals surface area contributed by atoms with E-state index in [2.05, 4.69) is 0 Å². The van der Waals surface area contributed by atoms with Crippen LogP contribution in [0.25, 0.3) is 0 Å². The number of hydrogen-bond donors (Lipinski definition) is 2. The summed E-state index contributed by atoms with van der Waals surface area (Å²) in [5, 5.41) is 17.5. The lowest BCUT2D eigenvalue weighted by molar-refractivity contribution is 0.112. The van der Waals surface area contributed by atoms with Gasteiger partial charge in [-0.1, -0.05) is 0 Å². The smallest absolute Gasteiger partial charge is 0.154 e. The average Bonchev–Trinajstić information content (AvgIpc) is 2.00. The first kappa shape index (κ1) is 15.4. The van der Waals surface area contributed by atoms with Crippen molar-refractivity contribution in [3.8, 4) is 0 Å². The largest absolute Gasteiger partial charge is 0.394 e. The quantitative estimate of drug-likeness (QED) is 0.677. The maximum Gasteiger partial charge on any atom is 0.154 e. The van der Waals surface area contributed by atoms with Gasteiger partial charge in [0.25, 0.3) is 0 Å². The highest BCUT2D eigenvalue weighted by Crippen LogP contribution is 2.22. The Labute approximate surface area is 99.7 Å². The summed E-state index contributed by atoms with van der Waals surface area (Å²) in [7, 11) is -3.52. The van der Waals surface area contributed by atoms with Gasteiger partial charge in [-0.2, -0.15) is 0 Å². The van der Waals surface area contributed by atoms with Gasteiger partial charge in [0.15, 0.2) is 9.84 Å². The lowest BCUT2D eigenvalue weighted by Gasteiger charge is -2.27. The fourth-order valence-electron chi connectivity index (χ4n) is 0.992. The second-order valence-electron chi connectivity index (χ2n) is 3.94. The van der Waals surface area contributed by atoms with Crippen molar-refractivity contribution in [3.63, 3.8) is 0 Å². The van der Waals surface area contributed by atoms with Crippen LogP contribution in [0.1, 0.15) is 13.8 Å². The number of nitrogens with zero attached hydrogens (tertiary/aromatic N) is 1. The highest BCUT2D eigenvalue weighted by molar-refractivity contribution is 7.91. The molecule has 0 amide bonds. The Morgan fingerprint density at radius 1 is 1.40 bits per heavy atom. The topological polar surface area (TPSA) is 77.8 Å². The molecule has 0 radical (unpaired) electrons. The minimum absolute atomic E-state index is 0.302. The number of aliphatic hydroxyl groups excluding tert-OH is 2.